The molecule has 0 aromatic heterocycles. The fourth-order valence-corrected chi connectivity index (χ4v) is 3.02. The molecule has 1 saturated heterocycles. The Kier molecular flexibility index (Phi) is 5.07. The quantitative estimate of drug-likeness (QED) is 0.906. The van der Waals surface area contributed by atoms with Gasteiger partial charge in [-0.05, 0) is 50.4 Å². The summed E-state index contributed by atoms with van der Waals surface area (Å²) in [7, 11) is 0. The molecule has 0 spiro atoms. The van der Waals surface area contributed by atoms with Crippen LogP contribution < -0.4 is 10.2 Å². The van der Waals surface area contributed by atoms with Crippen LogP contribution in [0.5, 0.6) is 0 Å². The van der Waals surface area contributed by atoms with E-state index >= 15 is 0 Å². The topological polar surface area (TPSA) is 15.3 Å². The first-order chi connectivity index (χ1) is 8.72. The number of rotatable bonds is 4. The van der Waals surface area contributed by atoms with E-state index in [2.05, 4.69) is 58.2 Å². The van der Waals surface area contributed by atoms with Crippen molar-refractivity contribution >= 4 is 21.6 Å². The van der Waals surface area contributed by atoms with E-state index in [0.29, 0.717) is 6.04 Å². The van der Waals surface area contributed by atoms with Gasteiger partial charge in [-0.15, -0.1) is 0 Å². The van der Waals surface area contributed by atoms with Crippen LogP contribution in [0, 0.1) is 0 Å². The first-order valence-corrected chi connectivity index (χ1v) is 7.77. The maximum Gasteiger partial charge on any atom is 0.0425 e. The number of anilines is 1. The Morgan fingerprint density at radius 1 is 1.39 bits per heavy atom. The lowest BCUT2D eigenvalue weighted by Crippen LogP contribution is -2.38. The average molecular weight is 311 g/mol. The van der Waals surface area contributed by atoms with Crippen LogP contribution in [0.2, 0.25) is 0 Å². The molecule has 1 aromatic carbocycles. The van der Waals surface area contributed by atoms with Crippen LogP contribution in [0.25, 0.3) is 0 Å². The molecular weight excluding hydrogens is 288 g/mol. The first kappa shape index (κ1) is 13.9. The SMILES string of the molecule is CCNCc1ccc(Br)cc1N1CCCCC1C. The Balaban J connectivity index is 2.25. The van der Waals surface area contributed by atoms with Crippen molar-refractivity contribution in [3.05, 3.63) is 28.2 Å². The molecule has 0 bridgehead atoms. The van der Waals surface area contributed by atoms with E-state index in [1.165, 1.54) is 41.5 Å². The molecule has 100 valence electrons. The van der Waals surface area contributed by atoms with Gasteiger partial charge in [0.25, 0.3) is 0 Å². The highest BCUT2D eigenvalue weighted by Crippen LogP contribution is 2.30. The normalized spacial score (nSPS) is 20.2. The van der Waals surface area contributed by atoms with Gasteiger partial charge in [-0.1, -0.05) is 28.9 Å². The molecule has 1 aromatic rings. The standard InChI is InChI=1S/C15H23BrN2/c1-3-17-11-13-7-8-14(16)10-15(13)18-9-5-4-6-12(18)2/h7-8,10,12,17H,3-6,9,11H2,1-2H3. The van der Waals surface area contributed by atoms with Crippen molar-refractivity contribution in [3.8, 4) is 0 Å². The van der Waals surface area contributed by atoms with E-state index in [0.717, 1.165) is 13.1 Å². The second-order valence-corrected chi connectivity index (χ2v) is 6.01. The summed E-state index contributed by atoms with van der Waals surface area (Å²) in [5, 5.41) is 3.44. The van der Waals surface area contributed by atoms with Gasteiger partial charge in [0, 0.05) is 29.3 Å². The number of nitrogens with one attached hydrogen (secondary N) is 1. The van der Waals surface area contributed by atoms with Crippen LogP contribution >= 0.6 is 15.9 Å². The predicted molar refractivity (Wildman–Crippen MR) is 82.2 cm³/mol. The molecule has 1 unspecified atom stereocenters. The molecule has 1 N–H and O–H groups in total. The van der Waals surface area contributed by atoms with Crippen LogP contribution in [0.15, 0.2) is 22.7 Å². The van der Waals surface area contributed by atoms with Crippen LogP contribution in [0.4, 0.5) is 5.69 Å². The van der Waals surface area contributed by atoms with Crippen molar-refractivity contribution in [1.29, 1.82) is 0 Å². The molecule has 1 fully saturated rings. The molecule has 0 aliphatic carbocycles. The van der Waals surface area contributed by atoms with Crippen molar-refractivity contribution in [2.45, 2.75) is 45.7 Å². The average Bonchev–Trinajstić information content (AvgIpc) is 2.38. The lowest BCUT2D eigenvalue weighted by Gasteiger charge is -2.37. The summed E-state index contributed by atoms with van der Waals surface area (Å²) in [5.41, 5.74) is 2.81. The second kappa shape index (κ2) is 6.58. The zero-order chi connectivity index (χ0) is 13.0. The minimum atomic E-state index is 0.661. The van der Waals surface area contributed by atoms with Gasteiger partial charge in [0.2, 0.25) is 0 Å². The molecule has 2 nitrogen and oxygen atoms in total. The molecule has 3 heteroatoms. The summed E-state index contributed by atoms with van der Waals surface area (Å²) in [6.07, 6.45) is 4.00. The molecule has 2 rings (SSSR count). The molecule has 0 amide bonds. The zero-order valence-corrected chi connectivity index (χ0v) is 13.0. The Hall–Kier alpha value is -0.540. The van der Waals surface area contributed by atoms with E-state index < -0.39 is 0 Å². The third-order valence-corrected chi connectivity index (χ3v) is 4.22. The molecular formula is C15H23BrN2. The zero-order valence-electron chi connectivity index (χ0n) is 11.4. The minimum absolute atomic E-state index is 0.661. The van der Waals surface area contributed by atoms with Gasteiger partial charge in [-0.3, -0.25) is 0 Å². The summed E-state index contributed by atoms with van der Waals surface area (Å²) in [6.45, 7) is 7.67. The molecule has 1 aliphatic heterocycles. The van der Waals surface area contributed by atoms with Crippen molar-refractivity contribution in [1.82, 2.24) is 5.32 Å². The third-order valence-electron chi connectivity index (χ3n) is 3.73. The van der Waals surface area contributed by atoms with Gasteiger partial charge in [-0.25, -0.2) is 0 Å². The van der Waals surface area contributed by atoms with E-state index in [-0.39, 0.29) is 0 Å². The summed E-state index contributed by atoms with van der Waals surface area (Å²) < 4.78 is 1.18. The fourth-order valence-electron chi connectivity index (χ4n) is 2.67. The van der Waals surface area contributed by atoms with Crippen molar-refractivity contribution in [3.63, 3.8) is 0 Å². The maximum absolute atomic E-state index is 3.60. The number of piperidine rings is 1. The predicted octanol–water partition coefficient (Wildman–Crippen LogP) is 3.94. The Bertz CT molecular complexity index is 392. The monoisotopic (exact) mass is 310 g/mol. The van der Waals surface area contributed by atoms with Crippen LogP contribution in [0.3, 0.4) is 0 Å². The summed E-state index contributed by atoms with van der Waals surface area (Å²) in [6, 6.07) is 7.32. The van der Waals surface area contributed by atoms with E-state index in [1.54, 1.807) is 0 Å². The Morgan fingerprint density at radius 3 is 2.94 bits per heavy atom. The van der Waals surface area contributed by atoms with Crippen LogP contribution in [-0.2, 0) is 6.54 Å². The van der Waals surface area contributed by atoms with E-state index in [9.17, 15) is 0 Å². The third kappa shape index (κ3) is 3.27. The highest BCUT2D eigenvalue weighted by Gasteiger charge is 2.20. The maximum atomic E-state index is 3.60. The lowest BCUT2D eigenvalue weighted by molar-refractivity contribution is 0.483. The van der Waals surface area contributed by atoms with Gasteiger partial charge < -0.3 is 10.2 Å². The second-order valence-electron chi connectivity index (χ2n) is 5.09. The molecule has 0 radical (unpaired) electrons. The highest BCUT2D eigenvalue weighted by molar-refractivity contribution is 9.10. The Labute approximate surface area is 119 Å². The van der Waals surface area contributed by atoms with Gasteiger partial charge in [-0.2, -0.15) is 0 Å². The summed E-state index contributed by atoms with van der Waals surface area (Å²) in [4.78, 5) is 2.57. The molecule has 1 aliphatic rings. The van der Waals surface area contributed by atoms with Gasteiger partial charge >= 0.3 is 0 Å². The minimum Gasteiger partial charge on any atom is -0.369 e. The lowest BCUT2D eigenvalue weighted by atomic mass is 10.0. The van der Waals surface area contributed by atoms with Gasteiger partial charge in [0.05, 0.1) is 0 Å². The molecule has 0 saturated carbocycles. The number of halogens is 1. The Morgan fingerprint density at radius 2 is 2.22 bits per heavy atom. The number of benzene rings is 1. The number of nitrogens with zero attached hydrogens (tertiary/aromatic N) is 1. The fraction of sp³-hybridized carbons (Fsp3) is 0.600. The van der Waals surface area contributed by atoms with Crippen molar-refractivity contribution in [2.24, 2.45) is 0 Å². The van der Waals surface area contributed by atoms with Gasteiger partial charge in [0.1, 0.15) is 0 Å². The van der Waals surface area contributed by atoms with Gasteiger partial charge in [0.15, 0.2) is 0 Å². The highest BCUT2D eigenvalue weighted by atomic mass is 79.9. The number of hydrogen-bond acceptors (Lipinski definition) is 2. The van der Waals surface area contributed by atoms with Crippen molar-refractivity contribution < 1.29 is 0 Å². The first-order valence-electron chi connectivity index (χ1n) is 6.98. The summed E-state index contributed by atoms with van der Waals surface area (Å²) >= 11 is 3.60. The van der Waals surface area contributed by atoms with Crippen LogP contribution in [0.1, 0.15) is 38.7 Å². The largest absolute Gasteiger partial charge is 0.369 e. The number of hydrogen-bond donors (Lipinski definition) is 1. The molecule has 1 heterocycles. The van der Waals surface area contributed by atoms with Crippen molar-refractivity contribution in [2.75, 3.05) is 18.0 Å². The van der Waals surface area contributed by atoms with E-state index in [1.807, 2.05) is 0 Å². The summed E-state index contributed by atoms with van der Waals surface area (Å²) in [5.74, 6) is 0. The smallest absolute Gasteiger partial charge is 0.0425 e. The van der Waals surface area contributed by atoms with Crippen LogP contribution in [-0.4, -0.2) is 19.1 Å². The molecule has 1 atom stereocenters. The van der Waals surface area contributed by atoms with E-state index in [4.69, 9.17) is 0 Å². The molecule has 18 heavy (non-hydrogen) atoms.